The van der Waals surface area contributed by atoms with Gasteiger partial charge < -0.3 is 4.90 Å². The first-order valence-electron chi connectivity index (χ1n) is 8.49. The van der Waals surface area contributed by atoms with Crippen LogP contribution in [0.2, 0.25) is 5.02 Å². The van der Waals surface area contributed by atoms with E-state index >= 15 is 0 Å². The maximum atomic E-state index is 12.5. The summed E-state index contributed by atoms with van der Waals surface area (Å²) in [5.74, 6) is -0.0668. The molecule has 5 nitrogen and oxygen atoms in total. The molecule has 0 unspecified atom stereocenters. The Bertz CT molecular complexity index is 991. The molecular weight excluding hydrogens is 404 g/mol. The molecule has 0 aliphatic carbocycles. The zero-order chi connectivity index (χ0) is 19.0. The highest BCUT2D eigenvalue weighted by atomic mass is 35.5. The average Bonchev–Trinajstić information content (AvgIpc) is 3.07. The van der Waals surface area contributed by atoms with Crippen LogP contribution in [-0.2, 0) is 21.1 Å². The lowest BCUT2D eigenvalue weighted by molar-refractivity contribution is -0.117. The maximum Gasteiger partial charge on any atom is 0.252 e. The van der Waals surface area contributed by atoms with E-state index in [1.54, 1.807) is 12.1 Å². The number of anilines is 1. The predicted molar refractivity (Wildman–Crippen MR) is 110 cm³/mol. The van der Waals surface area contributed by atoms with Crippen LogP contribution in [0.5, 0.6) is 0 Å². The monoisotopic (exact) mass is 420 g/mol. The normalized spacial score (nSPS) is 24.9. The minimum atomic E-state index is -3.08. The molecule has 2 saturated heterocycles. The van der Waals surface area contributed by atoms with Crippen LogP contribution in [0.25, 0.3) is 0 Å². The van der Waals surface area contributed by atoms with Gasteiger partial charge in [-0.15, -0.1) is 0 Å². The first-order chi connectivity index (χ1) is 12.9. The molecule has 2 aliphatic rings. The number of carbonyl (C=O) groups is 1. The fourth-order valence-electron chi connectivity index (χ4n) is 3.38. The summed E-state index contributed by atoms with van der Waals surface area (Å²) in [5, 5.41) is 1.04. The van der Waals surface area contributed by atoms with Crippen molar-refractivity contribution in [1.29, 1.82) is 0 Å². The Morgan fingerprint density at radius 3 is 2.52 bits per heavy atom. The number of hydrogen-bond acceptors (Lipinski definition) is 4. The zero-order valence-electron chi connectivity index (χ0n) is 14.3. The lowest BCUT2D eigenvalue weighted by Crippen LogP contribution is -2.37. The molecule has 2 aromatic rings. The van der Waals surface area contributed by atoms with E-state index in [4.69, 9.17) is 11.6 Å². The summed E-state index contributed by atoms with van der Waals surface area (Å²) in [5.41, 5.74) is 1.69. The number of carbonyl (C=O) groups excluding carboxylic acids is 1. The van der Waals surface area contributed by atoms with Gasteiger partial charge in [-0.05, 0) is 29.8 Å². The largest absolute Gasteiger partial charge is 0.316 e. The molecule has 1 amide bonds. The molecular formula is C19H17ClN2O3S2. The number of fused-ring (bicyclic) bond motifs is 1. The Morgan fingerprint density at radius 2 is 1.81 bits per heavy atom. The zero-order valence-corrected chi connectivity index (χ0v) is 16.7. The van der Waals surface area contributed by atoms with E-state index in [0.29, 0.717) is 10.2 Å². The number of halogens is 1. The maximum absolute atomic E-state index is 12.5. The van der Waals surface area contributed by atoms with Gasteiger partial charge in [0.05, 0.1) is 24.0 Å². The van der Waals surface area contributed by atoms with E-state index in [9.17, 15) is 13.2 Å². The van der Waals surface area contributed by atoms with E-state index in [1.807, 2.05) is 47.4 Å². The van der Waals surface area contributed by atoms with Crippen molar-refractivity contribution in [3.05, 3.63) is 65.2 Å². The van der Waals surface area contributed by atoms with E-state index in [2.05, 4.69) is 4.99 Å². The molecule has 0 bridgehead atoms. The Kier molecular flexibility index (Phi) is 5.01. The summed E-state index contributed by atoms with van der Waals surface area (Å²) in [7, 11) is -3.08. The lowest BCUT2D eigenvalue weighted by Gasteiger charge is -2.24. The number of benzene rings is 2. The van der Waals surface area contributed by atoms with E-state index in [-0.39, 0.29) is 35.1 Å². The van der Waals surface area contributed by atoms with Crippen LogP contribution in [0.15, 0.2) is 59.6 Å². The number of nitrogens with zero attached hydrogens (tertiary/aromatic N) is 2. The molecule has 140 valence electrons. The Balaban J connectivity index is 1.64. The van der Waals surface area contributed by atoms with E-state index < -0.39 is 9.84 Å². The van der Waals surface area contributed by atoms with Crippen LogP contribution in [0.1, 0.15) is 5.56 Å². The number of hydrogen-bond donors (Lipinski definition) is 0. The SMILES string of the molecule is O=C(Cc1ccccc1)N=C1S[C@H]2CS(=O)(=O)C[C@H]2N1c1ccc(Cl)cc1. The standard InChI is InChI=1S/C19H17ClN2O3S2/c20-14-6-8-15(9-7-14)22-16-11-27(24,25)12-17(16)26-19(22)21-18(23)10-13-4-2-1-3-5-13/h1-9,16-17H,10-12H2/t16-,17+/m1/s1. The molecule has 4 rings (SSSR count). The minimum Gasteiger partial charge on any atom is -0.316 e. The molecule has 8 heteroatoms. The molecule has 0 N–H and O–H groups in total. The summed E-state index contributed by atoms with van der Waals surface area (Å²) < 4.78 is 24.2. The molecule has 0 saturated carbocycles. The number of rotatable bonds is 3. The third-order valence-corrected chi connectivity index (χ3v) is 8.05. The number of amidine groups is 1. The van der Waals surface area contributed by atoms with Crippen LogP contribution in [-0.4, -0.2) is 42.3 Å². The lowest BCUT2D eigenvalue weighted by atomic mass is 10.1. The third-order valence-electron chi connectivity index (χ3n) is 4.59. The molecule has 2 heterocycles. The van der Waals surface area contributed by atoms with Crippen LogP contribution in [0.3, 0.4) is 0 Å². The van der Waals surface area contributed by atoms with Crippen molar-refractivity contribution >= 4 is 50.0 Å². The van der Waals surface area contributed by atoms with Gasteiger partial charge in [0.1, 0.15) is 0 Å². The fraction of sp³-hybridized carbons (Fsp3) is 0.263. The van der Waals surface area contributed by atoms with Crippen molar-refractivity contribution in [2.75, 3.05) is 16.4 Å². The van der Waals surface area contributed by atoms with Crippen LogP contribution >= 0.6 is 23.4 Å². The van der Waals surface area contributed by atoms with Crippen molar-refractivity contribution in [2.24, 2.45) is 4.99 Å². The van der Waals surface area contributed by atoms with Crippen molar-refractivity contribution < 1.29 is 13.2 Å². The van der Waals surface area contributed by atoms with Gasteiger partial charge in [0.15, 0.2) is 15.0 Å². The molecule has 2 atom stereocenters. The second-order valence-electron chi connectivity index (χ2n) is 6.60. The van der Waals surface area contributed by atoms with E-state index in [0.717, 1.165) is 11.3 Å². The first kappa shape index (κ1) is 18.5. The van der Waals surface area contributed by atoms with Gasteiger partial charge >= 0.3 is 0 Å². The van der Waals surface area contributed by atoms with Gasteiger partial charge in [-0.3, -0.25) is 4.79 Å². The number of sulfone groups is 1. The van der Waals surface area contributed by atoms with Crippen molar-refractivity contribution in [1.82, 2.24) is 0 Å². The van der Waals surface area contributed by atoms with Gasteiger partial charge in [-0.2, -0.15) is 4.99 Å². The summed E-state index contributed by atoms with van der Waals surface area (Å²) >= 11 is 7.35. The van der Waals surface area contributed by atoms with Crippen LogP contribution < -0.4 is 4.90 Å². The Morgan fingerprint density at radius 1 is 1.11 bits per heavy atom. The topological polar surface area (TPSA) is 66.8 Å². The molecule has 0 spiro atoms. The fourth-order valence-corrected chi connectivity index (χ4v) is 7.44. The van der Waals surface area contributed by atoms with Gasteiger partial charge in [0.25, 0.3) is 5.91 Å². The van der Waals surface area contributed by atoms with Crippen LogP contribution in [0, 0.1) is 0 Å². The minimum absolute atomic E-state index is 0.0686. The number of aliphatic imine (C=N–C) groups is 1. The summed E-state index contributed by atoms with van der Waals surface area (Å²) in [4.78, 5) is 18.7. The highest BCUT2D eigenvalue weighted by molar-refractivity contribution is 8.16. The molecule has 0 radical (unpaired) electrons. The molecule has 2 fully saturated rings. The van der Waals surface area contributed by atoms with Gasteiger partial charge in [-0.1, -0.05) is 53.7 Å². The molecule has 0 aromatic heterocycles. The number of thioether (sulfide) groups is 1. The average molecular weight is 421 g/mol. The van der Waals surface area contributed by atoms with Crippen molar-refractivity contribution in [3.63, 3.8) is 0 Å². The van der Waals surface area contributed by atoms with E-state index in [1.165, 1.54) is 11.8 Å². The first-order valence-corrected chi connectivity index (χ1v) is 11.6. The summed E-state index contributed by atoms with van der Waals surface area (Å²) in [6.45, 7) is 0. The van der Waals surface area contributed by atoms with Crippen molar-refractivity contribution in [2.45, 2.75) is 17.7 Å². The van der Waals surface area contributed by atoms with Gasteiger partial charge in [-0.25, -0.2) is 8.42 Å². The highest BCUT2D eigenvalue weighted by Crippen LogP contribution is 2.41. The molecule has 2 aromatic carbocycles. The number of amides is 1. The smallest absolute Gasteiger partial charge is 0.252 e. The second kappa shape index (κ2) is 7.30. The summed E-state index contributed by atoms with van der Waals surface area (Å²) in [6.07, 6.45) is 0.215. The second-order valence-corrected chi connectivity index (χ2v) is 10.4. The van der Waals surface area contributed by atoms with Gasteiger partial charge in [0.2, 0.25) is 0 Å². The Labute approximate surface area is 167 Å². The highest BCUT2D eigenvalue weighted by Gasteiger charge is 2.49. The third kappa shape index (κ3) is 4.05. The molecule has 27 heavy (non-hydrogen) atoms. The van der Waals surface area contributed by atoms with Crippen LogP contribution in [0.4, 0.5) is 5.69 Å². The quantitative estimate of drug-likeness (QED) is 0.762. The Hall–Kier alpha value is -1.83. The summed E-state index contributed by atoms with van der Waals surface area (Å²) in [6, 6.07) is 16.4. The molecule has 2 aliphatic heterocycles. The van der Waals surface area contributed by atoms with Gasteiger partial charge in [0, 0.05) is 16.0 Å². The predicted octanol–water partition coefficient (Wildman–Crippen LogP) is 3.18. The van der Waals surface area contributed by atoms with Crippen molar-refractivity contribution in [3.8, 4) is 0 Å².